The smallest absolute Gasteiger partial charge is 0.222 e. The summed E-state index contributed by atoms with van der Waals surface area (Å²) in [5, 5.41) is 0. The molecule has 3 rings (SSSR count). The predicted molar refractivity (Wildman–Crippen MR) is 83.8 cm³/mol. The second-order valence-corrected chi connectivity index (χ2v) is 5.46. The number of hydrogen-bond donors (Lipinski definition) is 0. The zero-order valence-corrected chi connectivity index (χ0v) is 12.2. The van der Waals surface area contributed by atoms with Gasteiger partial charge in [-0.2, -0.15) is 0 Å². The Labute approximate surface area is 125 Å². The standard InChI is InChI=1S/C18H20N2O/c21-18(20-13-5-6-14-20)11-10-15-7-1-2-8-16(15)17-9-3-4-12-19-17/h1-4,7-9,12H,5-6,10-11,13-14H2. The summed E-state index contributed by atoms with van der Waals surface area (Å²) in [7, 11) is 0. The number of carbonyl (C=O) groups is 1. The van der Waals surface area contributed by atoms with E-state index in [0.29, 0.717) is 6.42 Å². The van der Waals surface area contributed by atoms with E-state index >= 15 is 0 Å². The Kier molecular flexibility index (Phi) is 4.29. The molecule has 0 N–H and O–H groups in total. The lowest BCUT2D eigenvalue weighted by molar-refractivity contribution is -0.130. The van der Waals surface area contributed by atoms with Crippen molar-refractivity contribution in [1.29, 1.82) is 0 Å². The van der Waals surface area contributed by atoms with Crippen molar-refractivity contribution >= 4 is 5.91 Å². The van der Waals surface area contributed by atoms with Gasteiger partial charge in [0.2, 0.25) is 5.91 Å². The minimum absolute atomic E-state index is 0.281. The molecule has 1 aliphatic rings. The Bertz CT molecular complexity index is 604. The van der Waals surface area contributed by atoms with Crippen molar-refractivity contribution in [2.24, 2.45) is 0 Å². The first-order chi connectivity index (χ1) is 10.3. The van der Waals surface area contributed by atoms with E-state index in [0.717, 1.165) is 43.6 Å². The van der Waals surface area contributed by atoms with Crippen molar-refractivity contribution in [2.75, 3.05) is 13.1 Å². The van der Waals surface area contributed by atoms with Gasteiger partial charge in [0.1, 0.15) is 0 Å². The molecular formula is C18H20N2O. The lowest BCUT2D eigenvalue weighted by atomic mass is 10.00. The highest BCUT2D eigenvalue weighted by molar-refractivity contribution is 5.77. The number of aromatic nitrogens is 1. The zero-order chi connectivity index (χ0) is 14.5. The minimum atomic E-state index is 0.281. The quantitative estimate of drug-likeness (QED) is 0.861. The van der Waals surface area contributed by atoms with Crippen molar-refractivity contribution < 1.29 is 4.79 Å². The fraction of sp³-hybridized carbons (Fsp3) is 0.333. The molecule has 1 aliphatic heterocycles. The molecule has 1 saturated heterocycles. The maximum absolute atomic E-state index is 12.2. The summed E-state index contributed by atoms with van der Waals surface area (Å²) in [4.78, 5) is 18.6. The summed E-state index contributed by atoms with van der Waals surface area (Å²) in [5.74, 6) is 0.281. The average Bonchev–Trinajstić information content (AvgIpc) is 3.08. The number of carbonyl (C=O) groups excluding carboxylic acids is 1. The first kappa shape index (κ1) is 13.8. The van der Waals surface area contributed by atoms with Crippen LogP contribution in [0, 0.1) is 0 Å². The summed E-state index contributed by atoms with van der Waals surface area (Å²) in [6.45, 7) is 1.86. The number of aryl methyl sites for hydroxylation is 1. The molecule has 0 atom stereocenters. The molecule has 3 nitrogen and oxygen atoms in total. The van der Waals surface area contributed by atoms with E-state index < -0.39 is 0 Å². The van der Waals surface area contributed by atoms with E-state index in [2.05, 4.69) is 17.1 Å². The van der Waals surface area contributed by atoms with Gasteiger partial charge in [-0.3, -0.25) is 9.78 Å². The molecule has 0 spiro atoms. The SMILES string of the molecule is O=C(CCc1ccccc1-c1ccccn1)N1CCCC1. The number of likely N-dealkylation sites (tertiary alicyclic amines) is 1. The molecule has 1 amide bonds. The van der Waals surface area contributed by atoms with Gasteiger partial charge in [-0.05, 0) is 37.0 Å². The molecule has 1 fully saturated rings. The van der Waals surface area contributed by atoms with Crippen LogP contribution in [-0.4, -0.2) is 28.9 Å². The molecule has 0 saturated carbocycles. The van der Waals surface area contributed by atoms with E-state index in [-0.39, 0.29) is 5.91 Å². The number of benzene rings is 1. The van der Waals surface area contributed by atoms with Crippen LogP contribution in [0.4, 0.5) is 0 Å². The van der Waals surface area contributed by atoms with Gasteiger partial charge in [-0.25, -0.2) is 0 Å². The molecule has 0 unspecified atom stereocenters. The van der Waals surface area contributed by atoms with Crippen LogP contribution < -0.4 is 0 Å². The van der Waals surface area contributed by atoms with Gasteiger partial charge in [0.15, 0.2) is 0 Å². The summed E-state index contributed by atoms with van der Waals surface area (Å²) in [5.41, 5.74) is 3.30. The highest BCUT2D eigenvalue weighted by Crippen LogP contribution is 2.23. The zero-order valence-electron chi connectivity index (χ0n) is 12.2. The Morgan fingerprint density at radius 3 is 2.57 bits per heavy atom. The van der Waals surface area contributed by atoms with Gasteiger partial charge >= 0.3 is 0 Å². The Balaban J connectivity index is 1.72. The van der Waals surface area contributed by atoms with Crippen molar-refractivity contribution in [3.05, 3.63) is 54.2 Å². The molecule has 0 bridgehead atoms. The largest absolute Gasteiger partial charge is 0.343 e. The van der Waals surface area contributed by atoms with Crippen molar-refractivity contribution in [2.45, 2.75) is 25.7 Å². The number of rotatable bonds is 4. The van der Waals surface area contributed by atoms with Crippen LogP contribution in [0.15, 0.2) is 48.7 Å². The molecule has 2 heterocycles. The molecule has 1 aromatic heterocycles. The van der Waals surface area contributed by atoms with E-state index in [9.17, 15) is 4.79 Å². The Hall–Kier alpha value is -2.16. The first-order valence-corrected chi connectivity index (χ1v) is 7.62. The van der Waals surface area contributed by atoms with E-state index in [1.807, 2.05) is 41.4 Å². The van der Waals surface area contributed by atoms with Crippen LogP contribution in [0.25, 0.3) is 11.3 Å². The molecule has 3 heteroatoms. The molecule has 0 aliphatic carbocycles. The van der Waals surface area contributed by atoms with Crippen LogP contribution in [0.3, 0.4) is 0 Å². The highest BCUT2D eigenvalue weighted by Gasteiger charge is 2.18. The number of hydrogen-bond acceptors (Lipinski definition) is 2. The summed E-state index contributed by atoms with van der Waals surface area (Å²) >= 11 is 0. The second-order valence-electron chi connectivity index (χ2n) is 5.46. The lowest BCUT2D eigenvalue weighted by Gasteiger charge is -2.15. The monoisotopic (exact) mass is 280 g/mol. The van der Waals surface area contributed by atoms with Gasteiger partial charge < -0.3 is 4.90 Å². The van der Waals surface area contributed by atoms with Crippen molar-refractivity contribution in [3.8, 4) is 11.3 Å². The van der Waals surface area contributed by atoms with Gasteiger partial charge in [-0.1, -0.05) is 30.3 Å². The predicted octanol–water partition coefficient (Wildman–Crippen LogP) is 3.30. The van der Waals surface area contributed by atoms with Crippen LogP contribution in [0.2, 0.25) is 0 Å². The number of nitrogens with zero attached hydrogens (tertiary/aromatic N) is 2. The Morgan fingerprint density at radius 2 is 1.81 bits per heavy atom. The molecule has 0 radical (unpaired) electrons. The Morgan fingerprint density at radius 1 is 1.05 bits per heavy atom. The third kappa shape index (κ3) is 3.30. The lowest BCUT2D eigenvalue weighted by Crippen LogP contribution is -2.27. The maximum Gasteiger partial charge on any atom is 0.222 e. The molecule has 2 aromatic rings. The van der Waals surface area contributed by atoms with Crippen molar-refractivity contribution in [3.63, 3.8) is 0 Å². The average molecular weight is 280 g/mol. The summed E-state index contributed by atoms with van der Waals surface area (Å²) < 4.78 is 0. The van der Waals surface area contributed by atoms with E-state index in [4.69, 9.17) is 0 Å². The molecule has 1 aromatic carbocycles. The third-order valence-corrected chi connectivity index (χ3v) is 4.03. The summed E-state index contributed by atoms with van der Waals surface area (Å²) in [6, 6.07) is 14.2. The minimum Gasteiger partial charge on any atom is -0.343 e. The third-order valence-electron chi connectivity index (χ3n) is 4.03. The van der Waals surface area contributed by atoms with Crippen LogP contribution in [0.5, 0.6) is 0 Å². The van der Waals surface area contributed by atoms with E-state index in [1.54, 1.807) is 0 Å². The fourth-order valence-electron chi connectivity index (χ4n) is 2.88. The fourth-order valence-corrected chi connectivity index (χ4v) is 2.88. The van der Waals surface area contributed by atoms with Gasteiger partial charge in [-0.15, -0.1) is 0 Å². The van der Waals surface area contributed by atoms with Crippen LogP contribution >= 0.6 is 0 Å². The summed E-state index contributed by atoms with van der Waals surface area (Å²) in [6.07, 6.45) is 5.47. The molecule has 21 heavy (non-hydrogen) atoms. The van der Waals surface area contributed by atoms with Gasteiger partial charge in [0.25, 0.3) is 0 Å². The second kappa shape index (κ2) is 6.53. The highest BCUT2D eigenvalue weighted by atomic mass is 16.2. The maximum atomic E-state index is 12.2. The van der Waals surface area contributed by atoms with Crippen LogP contribution in [0.1, 0.15) is 24.8 Å². The molecular weight excluding hydrogens is 260 g/mol. The van der Waals surface area contributed by atoms with Crippen LogP contribution in [-0.2, 0) is 11.2 Å². The van der Waals surface area contributed by atoms with Crippen molar-refractivity contribution in [1.82, 2.24) is 9.88 Å². The number of amides is 1. The van der Waals surface area contributed by atoms with E-state index in [1.165, 1.54) is 5.56 Å². The first-order valence-electron chi connectivity index (χ1n) is 7.62. The topological polar surface area (TPSA) is 33.2 Å². The van der Waals surface area contributed by atoms with Gasteiger partial charge in [0.05, 0.1) is 5.69 Å². The molecule has 108 valence electrons. The number of pyridine rings is 1. The van der Waals surface area contributed by atoms with Gasteiger partial charge in [0, 0.05) is 31.3 Å². The normalized spacial score (nSPS) is 14.4.